The molecule has 0 bridgehead atoms. The smallest absolute Gasteiger partial charge is 0.368 e. The maximum absolute atomic E-state index is 10.5. The van der Waals surface area contributed by atoms with Crippen LogP contribution in [0.1, 0.15) is 0 Å². The Morgan fingerprint density at radius 1 is 1.27 bits per heavy atom. The van der Waals surface area contributed by atoms with Gasteiger partial charge in [-0.3, -0.25) is 9.13 Å². The van der Waals surface area contributed by atoms with Crippen molar-refractivity contribution in [1.29, 1.82) is 0 Å². The fourth-order valence-corrected chi connectivity index (χ4v) is 2.28. The van der Waals surface area contributed by atoms with Gasteiger partial charge in [0.1, 0.15) is 0 Å². The molecule has 0 saturated heterocycles. The molecule has 11 heavy (non-hydrogen) atoms. The van der Waals surface area contributed by atoms with Gasteiger partial charge >= 0.3 is 15.2 Å². The Balaban J connectivity index is 4.64. The van der Waals surface area contributed by atoms with Gasteiger partial charge in [0.2, 0.25) is 0 Å². The topological polar surface area (TPSA) is 124 Å². The van der Waals surface area contributed by atoms with E-state index in [-0.39, 0.29) is 0 Å². The number of rotatable bonds is 3. The second-order valence-corrected chi connectivity index (χ2v) is 5.74. The van der Waals surface area contributed by atoms with E-state index in [1.165, 1.54) is 0 Å². The molecule has 0 radical (unpaired) electrons. The Labute approximate surface area is 62.3 Å². The van der Waals surface area contributed by atoms with E-state index in [1.54, 1.807) is 0 Å². The summed E-state index contributed by atoms with van der Waals surface area (Å²) in [4.78, 5) is 24.9. The van der Waals surface area contributed by atoms with Crippen molar-refractivity contribution in [3.05, 3.63) is 0 Å². The van der Waals surface area contributed by atoms with Crippen molar-refractivity contribution in [2.45, 2.75) is 5.59 Å². The molecule has 0 aromatic heterocycles. The van der Waals surface area contributed by atoms with Gasteiger partial charge in [0.15, 0.2) is 0 Å². The van der Waals surface area contributed by atoms with Gasteiger partial charge in [0.25, 0.3) is 5.59 Å². The van der Waals surface area contributed by atoms with Crippen LogP contribution in [0.5, 0.6) is 0 Å². The lowest BCUT2D eigenvalue weighted by Gasteiger charge is -2.16. The van der Waals surface area contributed by atoms with Crippen molar-refractivity contribution in [2.24, 2.45) is 0 Å². The Morgan fingerprint density at radius 3 is 1.73 bits per heavy atom. The highest BCUT2D eigenvalue weighted by Crippen LogP contribution is 2.60. The van der Waals surface area contributed by atoms with Gasteiger partial charge in [0.05, 0.1) is 0 Å². The molecule has 68 valence electrons. The number of aliphatic hydroxyl groups is 1. The predicted molar refractivity (Wildman–Crippen MR) is 34.9 cm³/mol. The molecule has 2 unspecified atom stereocenters. The van der Waals surface area contributed by atoms with E-state index in [2.05, 4.69) is 4.52 Å². The van der Waals surface area contributed by atoms with Crippen LogP contribution in [-0.2, 0) is 13.7 Å². The van der Waals surface area contributed by atoms with Gasteiger partial charge < -0.3 is 24.3 Å². The van der Waals surface area contributed by atoms with Crippen molar-refractivity contribution >= 4 is 15.2 Å². The summed E-state index contributed by atoms with van der Waals surface area (Å²) < 4.78 is 24.5. The van der Waals surface area contributed by atoms with Crippen molar-refractivity contribution < 1.29 is 33.4 Å². The fraction of sp³-hybridized carbons (Fsp3) is 1.00. The van der Waals surface area contributed by atoms with E-state index < -0.39 is 20.8 Å². The summed E-state index contributed by atoms with van der Waals surface area (Å²) in [7, 11) is -8.81. The molecule has 0 aromatic rings. The monoisotopic (exact) mass is 206 g/mol. The molecule has 0 aliphatic rings. The zero-order valence-corrected chi connectivity index (χ0v) is 7.27. The van der Waals surface area contributed by atoms with Crippen LogP contribution in [-0.4, -0.2) is 32.5 Å². The van der Waals surface area contributed by atoms with Crippen molar-refractivity contribution in [3.63, 3.8) is 0 Å². The summed E-state index contributed by atoms with van der Waals surface area (Å²) in [6, 6.07) is 0. The van der Waals surface area contributed by atoms with E-state index in [9.17, 15) is 9.13 Å². The first-order chi connectivity index (χ1) is 4.72. The van der Waals surface area contributed by atoms with E-state index in [0.717, 1.165) is 7.11 Å². The lowest BCUT2D eigenvalue weighted by Crippen LogP contribution is -2.08. The molecule has 0 aliphatic carbocycles. The summed E-state index contributed by atoms with van der Waals surface area (Å²) in [5.74, 6) is 0. The average molecular weight is 206 g/mol. The molecule has 0 spiro atoms. The molecule has 0 aliphatic heterocycles. The largest absolute Gasteiger partial charge is 0.370 e. The zero-order valence-electron chi connectivity index (χ0n) is 5.49. The van der Waals surface area contributed by atoms with Crippen LogP contribution in [0.4, 0.5) is 0 Å². The normalized spacial score (nSPS) is 20.8. The molecule has 0 aromatic carbocycles. The molecule has 0 rings (SSSR count). The van der Waals surface area contributed by atoms with Gasteiger partial charge in [0, 0.05) is 7.11 Å². The third-order valence-electron chi connectivity index (χ3n) is 0.854. The van der Waals surface area contributed by atoms with Crippen molar-refractivity contribution in [1.82, 2.24) is 0 Å². The molecule has 0 fully saturated rings. The van der Waals surface area contributed by atoms with Gasteiger partial charge in [-0.05, 0) is 0 Å². The Bertz CT molecular complexity index is 216. The van der Waals surface area contributed by atoms with Crippen LogP contribution in [0, 0.1) is 0 Å². The van der Waals surface area contributed by atoms with Crippen LogP contribution < -0.4 is 0 Å². The highest BCUT2D eigenvalue weighted by molar-refractivity contribution is 7.70. The third kappa shape index (κ3) is 3.01. The standard InChI is InChI=1S/C2H8O7P2/c1-9-11(7,8)2(3)10(4,5)6/h2-3H,1H3,(H,7,8)(H2,4,5,6). The van der Waals surface area contributed by atoms with Crippen LogP contribution in [0.3, 0.4) is 0 Å². The zero-order chi connectivity index (χ0) is 9.28. The number of hydrogen-bond acceptors (Lipinski definition) is 4. The number of hydrogen-bond donors (Lipinski definition) is 4. The van der Waals surface area contributed by atoms with E-state index in [0.29, 0.717) is 0 Å². The van der Waals surface area contributed by atoms with Gasteiger partial charge in [-0.15, -0.1) is 0 Å². The van der Waals surface area contributed by atoms with Crippen LogP contribution >= 0.6 is 15.2 Å². The molecule has 9 heteroatoms. The van der Waals surface area contributed by atoms with Crippen molar-refractivity contribution in [2.75, 3.05) is 7.11 Å². The van der Waals surface area contributed by atoms with E-state index in [4.69, 9.17) is 19.8 Å². The molecule has 4 N–H and O–H groups in total. The maximum Gasteiger partial charge on any atom is 0.368 e. The lowest BCUT2D eigenvalue weighted by atomic mass is 11.7. The first-order valence-corrected chi connectivity index (χ1v) is 5.66. The molecule has 0 saturated carbocycles. The third-order valence-corrected chi connectivity index (χ3v) is 4.34. The Kier molecular flexibility index (Phi) is 3.41. The maximum atomic E-state index is 10.5. The summed E-state index contributed by atoms with van der Waals surface area (Å²) in [5, 5.41) is 8.51. The van der Waals surface area contributed by atoms with Crippen LogP contribution in [0.2, 0.25) is 0 Å². The first kappa shape index (κ1) is 11.3. The summed E-state index contributed by atoms with van der Waals surface area (Å²) in [6.45, 7) is 0. The number of aliphatic hydroxyl groups excluding tert-OH is 1. The molecule has 0 heterocycles. The van der Waals surface area contributed by atoms with Gasteiger partial charge in [-0.2, -0.15) is 0 Å². The summed E-state index contributed by atoms with van der Waals surface area (Å²) in [6.07, 6.45) is 0. The SMILES string of the molecule is COP(=O)(O)C(O)P(=O)(O)O. The van der Waals surface area contributed by atoms with E-state index in [1.807, 2.05) is 0 Å². The van der Waals surface area contributed by atoms with Crippen LogP contribution in [0.25, 0.3) is 0 Å². The highest BCUT2D eigenvalue weighted by Gasteiger charge is 2.43. The van der Waals surface area contributed by atoms with Crippen LogP contribution in [0.15, 0.2) is 0 Å². The molecule has 7 nitrogen and oxygen atoms in total. The minimum Gasteiger partial charge on any atom is -0.370 e. The lowest BCUT2D eigenvalue weighted by molar-refractivity contribution is 0.207. The minimum atomic E-state index is -4.98. The minimum absolute atomic E-state index is 0.764. The molecule has 0 amide bonds. The fourth-order valence-electron chi connectivity index (χ4n) is 0.284. The second-order valence-electron chi connectivity index (χ2n) is 1.68. The molecule has 2 atom stereocenters. The van der Waals surface area contributed by atoms with Gasteiger partial charge in [-0.1, -0.05) is 0 Å². The molecular weight excluding hydrogens is 198 g/mol. The Hall–Kier alpha value is 0.260. The van der Waals surface area contributed by atoms with E-state index >= 15 is 0 Å². The predicted octanol–water partition coefficient (Wildman–Crippen LogP) is -0.728. The van der Waals surface area contributed by atoms with Crippen molar-refractivity contribution in [3.8, 4) is 0 Å². The summed E-state index contributed by atoms with van der Waals surface area (Å²) in [5.41, 5.74) is -2.67. The summed E-state index contributed by atoms with van der Waals surface area (Å²) >= 11 is 0. The average Bonchev–Trinajstić information content (AvgIpc) is 1.84. The molecular formula is C2H8O7P2. The highest BCUT2D eigenvalue weighted by atomic mass is 31.2. The second kappa shape index (κ2) is 3.33. The van der Waals surface area contributed by atoms with Gasteiger partial charge in [-0.25, -0.2) is 0 Å². The quantitative estimate of drug-likeness (QED) is 0.448. The Morgan fingerprint density at radius 2 is 1.64 bits per heavy atom. The first-order valence-electron chi connectivity index (χ1n) is 2.33.